The van der Waals surface area contributed by atoms with Gasteiger partial charge in [-0.2, -0.15) is 0 Å². The Morgan fingerprint density at radius 3 is 2.25 bits per heavy atom. The first-order valence-electron chi connectivity index (χ1n) is 8.13. The lowest BCUT2D eigenvalue weighted by Crippen LogP contribution is -2.49. The summed E-state index contributed by atoms with van der Waals surface area (Å²) in [4.78, 5) is 2.20. The van der Waals surface area contributed by atoms with Crippen molar-refractivity contribution in [1.82, 2.24) is 4.90 Å². The third-order valence-corrected chi connectivity index (χ3v) is 9.49. The minimum absolute atomic E-state index is 0.0706. The largest absolute Gasteiger partial charge is 0.298 e. The van der Waals surface area contributed by atoms with Gasteiger partial charge in [0.15, 0.2) is 19.7 Å². The van der Waals surface area contributed by atoms with E-state index in [1.165, 1.54) is 24.3 Å². The number of nitrogens with zero attached hydrogens (tertiary/aromatic N) is 1. The predicted molar refractivity (Wildman–Crippen MR) is 94.8 cm³/mol. The van der Waals surface area contributed by atoms with Crippen LogP contribution in [0.25, 0.3) is 0 Å². The van der Waals surface area contributed by atoms with E-state index in [4.69, 9.17) is 11.6 Å². The van der Waals surface area contributed by atoms with Crippen molar-refractivity contribution in [3.05, 3.63) is 29.3 Å². The molecule has 0 radical (unpaired) electrons. The molecule has 2 atom stereocenters. The lowest BCUT2D eigenvalue weighted by atomic mass is 9.98. The average Bonchev–Trinajstić information content (AvgIpc) is 2.85. The van der Waals surface area contributed by atoms with Gasteiger partial charge in [0, 0.05) is 11.1 Å². The van der Waals surface area contributed by atoms with E-state index in [1.807, 2.05) is 0 Å². The quantitative estimate of drug-likeness (QED) is 0.788. The monoisotopic (exact) mass is 391 g/mol. The van der Waals surface area contributed by atoms with Crippen molar-refractivity contribution in [1.29, 1.82) is 0 Å². The van der Waals surface area contributed by atoms with Gasteiger partial charge in [0.05, 0.1) is 21.7 Å². The number of benzene rings is 1. The van der Waals surface area contributed by atoms with Crippen molar-refractivity contribution in [3.63, 3.8) is 0 Å². The van der Waals surface area contributed by atoms with Crippen LogP contribution in [0.4, 0.5) is 0 Å². The molecule has 2 aliphatic rings. The second kappa shape index (κ2) is 6.59. The summed E-state index contributed by atoms with van der Waals surface area (Å²) >= 11 is 5.83. The van der Waals surface area contributed by atoms with Gasteiger partial charge in [-0.05, 0) is 56.1 Å². The maximum atomic E-state index is 13.0. The topological polar surface area (TPSA) is 71.5 Å². The van der Waals surface area contributed by atoms with Crippen LogP contribution >= 0.6 is 11.6 Å². The van der Waals surface area contributed by atoms with Crippen molar-refractivity contribution in [2.24, 2.45) is 5.92 Å². The molecule has 0 aliphatic carbocycles. The van der Waals surface area contributed by atoms with Gasteiger partial charge in [-0.3, -0.25) is 4.90 Å². The third kappa shape index (κ3) is 3.64. The van der Waals surface area contributed by atoms with E-state index < -0.39 is 31.0 Å². The molecule has 3 rings (SSSR count). The molecule has 134 valence electrons. The first-order chi connectivity index (χ1) is 11.2. The lowest BCUT2D eigenvalue weighted by Gasteiger charge is -2.36. The Hall–Kier alpha value is -0.630. The molecule has 0 bridgehead atoms. The Morgan fingerprint density at radius 2 is 1.67 bits per heavy atom. The van der Waals surface area contributed by atoms with E-state index in [0.717, 1.165) is 25.9 Å². The molecular weight excluding hydrogens is 370 g/mol. The smallest absolute Gasteiger partial charge is 0.183 e. The summed E-state index contributed by atoms with van der Waals surface area (Å²) in [6, 6.07) is 5.50. The Balaban J connectivity index is 1.92. The minimum atomic E-state index is -3.72. The number of sulfone groups is 2. The van der Waals surface area contributed by atoms with Gasteiger partial charge in [-0.1, -0.05) is 18.5 Å². The summed E-state index contributed by atoms with van der Waals surface area (Å²) < 4.78 is 50.4. The van der Waals surface area contributed by atoms with Crippen LogP contribution in [-0.2, 0) is 19.7 Å². The number of piperidine rings is 1. The summed E-state index contributed by atoms with van der Waals surface area (Å²) in [5.41, 5.74) is 0. The maximum Gasteiger partial charge on any atom is 0.183 e. The van der Waals surface area contributed by atoms with Crippen LogP contribution in [-0.4, -0.2) is 57.6 Å². The van der Waals surface area contributed by atoms with Gasteiger partial charge < -0.3 is 0 Å². The second-order valence-electron chi connectivity index (χ2n) is 6.90. The minimum Gasteiger partial charge on any atom is -0.298 e. The van der Waals surface area contributed by atoms with Crippen molar-refractivity contribution >= 4 is 31.3 Å². The van der Waals surface area contributed by atoms with Gasteiger partial charge in [0.2, 0.25) is 0 Å². The molecule has 2 fully saturated rings. The maximum absolute atomic E-state index is 13.0. The van der Waals surface area contributed by atoms with E-state index >= 15 is 0 Å². The van der Waals surface area contributed by atoms with Crippen molar-refractivity contribution < 1.29 is 16.8 Å². The van der Waals surface area contributed by atoms with Gasteiger partial charge in [-0.15, -0.1) is 0 Å². The third-order valence-electron chi connectivity index (χ3n) is 5.10. The molecule has 2 heterocycles. The fourth-order valence-corrected chi connectivity index (χ4v) is 8.55. The zero-order chi connectivity index (χ0) is 17.5. The van der Waals surface area contributed by atoms with E-state index in [9.17, 15) is 16.8 Å². The summed E-state index contributed by atoms with van der Waals surface area (Å²) in [5.74, 6) is 0.235. The lowest BCUT2D eigenvalue weighted by molar-refractivity contribution is 0.151. The fourth-order valence-electron chi connectivity index (χ4n) is 3.59. The standard InChI is InChI=1S/C16H22ClNO4S2/c1-12-6-8-18(9-7-12)15-10-23(19,20)11-16(15)24(21,22)14-4-2-13(17)3-5-14/h2-5,12,15-16H,6-11H2,1H3/t15-,16-/m0/s1. The molecular formula is C16H22ClNO4S2. The first kappa shape index (κ1) is 18.2. The van der Waals surface area contributed by atoms with Crippen molar-refractivity contribution in [2.75, 3.05) is 24.6 Å². The molecule has 0 spiro atoms. The molecule has 1 aromatic carbocycles. The van der Waals surface area contributed by atoms with E-state index in [2.05, 4.69) is 11.8 Å². The van der Waals surface area contributed by atoms with Crippen LogP contribution in [0.2, 0.25) is 5.02 Å². The Bertz CT molecular complexity index is 797. The molecule has 2 aliphatic heterocycles. The highest BCUT2D eigenvalue weighted by molar-refractivity contribution is 7.96. The number of hydrogen-bond acceptors (Lipinski definition) is 5. The van der Waals surface area contributed by atoms with Crippen LogP contribution in [0, 0.1) is 5.92 Å². The van der Waals surface area contributed by atoms with Crippen LogP contribution < -0.4 is 0 Å². The van der Waals surface area contributed by atoms with Crippen molar-refractivity contribution in [2.45, 2.75) is 36.0 Å². The molecule has 0 aromatic heterocycles. The number of likely N-dealkylation sites (tertiary alicyclic amines) is 1. The molecule has 5 nitrogen and oxygen atoms in total. The molecule has 0 saturated carbocycles. The number of hydrogen-bond donors (Lipinski definition) is 0. The first-order valence-corrected chi connectivity index (χ1v) is 11.9. The molecule has 2 saturated heterocycles. The van der Waals surface area contributed by atoms with Gasteiger partial charge in [0.1, 0.15) is 0 Å². The summed E-state index contributed by atoms with van der Waals surface area (Å²) in [5, 5.41) is -0.452. The Morgan fingerprint density at radius 1 is 1.08 bits per heavy atom. The van der Waals surface area contributed by atoms with Gasteiger partial charge in [-0.25, -0.2) is 16.8 Å². The molecule has 1 aromatic rings. The van der Waals surface area contributed by atoms with E-state index in [-0.39, 0.29) is 16.4 Å². The zero-order valence-corrected chi connectivity index (χ0v) is 15.9. The molecule has 24 heavy (non-hydrogen) atoms. The van der Waals surface area contributed by atoms with Crippen LogP contribution in [0.1, 0.15) is 19.8 Å². The number of rotatable bonds is 3. The fraction of sp³-hybridized carbons (Fsp3) is 0.625. The summed E-state index contributed by atoms with van der Waals surface area (Å²) in [7, 11) is -7.07. The molecule has 0 amide bonds. The Kier molecular flexibility index (Phi) is 4.99. The highest BCUT2D eigenvalue weighted by Crippen LogP contribution is 2.31. The molecule has 0 unspecified atom stereocenters. The van der Waals surface area contributed by atoms with Crippen molar-refractivity contribution in [3.8, 4) is 0 Å². The normalized spacial score (nSPS) is 28.9. The molecule has 0 N–H and O–H groups in total. The summed E-state index contributed by atoms with van der Waals surface area (Å²) in [6.45, 7) is 3.69. The Labute approximate surface area is 148 Å². The van der Waals surface area contributed by atoms with Crippen LogP contribution in [0.15, 0.2) is 29.2 Å². The highest BCUT2D eigenvalue weighted by Gasteiger charge is 2.48. The number of halogens is 1. The van der Waals surface area contributed by atoms with E-state index in [0.29, 0.717) is 10.9 Å². The predicted octanol–water partition coefficient (Wildman–Crippen LogP) is 2.01. The average molecular weight is 392 g/mol. The van der Waals surface area contributed by atoms with Gasteiger partial charge in [0.25, 0.3) is 0 Å². The van der Waals surface area contributed by atoms with Crippen LogP contribution in [0.5, 0.6) is 0 Å². The summed E-state index contributed by atoms with van der Waals surface area (Å²) in [6.07, 6.45) is 1.95. The van der Waals surface area contributed by atoms with E-state index in [1.54, 1.807) is 0 Å². The molecule has 8 heteroatoms. The zero-order valence-electron chi connectivity index (χ0n) is 13.6. The second-order valence-corrected chi connectivity index (χ2v) is 11.7. The SMILES string of the molecule is CC1CCN([C@H]2CS(=O)(=O)C[C@@H]2S(=O)(=O)c2ccc(Cl)cc2)CC1. The highest BCUT2D eigenvalue weighted by atomic mass is 35.5. The van der Waals surface area contributed by atoms with Gasteiger partial charge >= 0.3 is 0 Å². The van der Waals surface area contributed by atoms with Crippen LogP contribution in [0.3, 0.4) is 0 Å².